The molecule has 2 N–H and O–H groups in total. The van der Waals surface area contributed by atoms with Gasteiger partial charge in [-0.1, -0.05) is 25.5 Å². The minimum atomic E-state index is -0.805. The van der Waals surface area contributed by atoms with Crippen molar-refractivity contribution in [2.45, 2.75) is 39.0 Å². The van der Waals surface area contributed by atoms with Crippen LogP contribution in [0.4, 0.5) is 0 Å². The highest BCUT2D eigenvalue weighted by Gasteiger charge is 2.31. The monoisotopic (exact) mass is 275 g/mol. The van der Waals surface area contributed by atoms with Crippen LogP contribution >= 0.6 is 0 Å². The lowest BCUT2D eigenvalue weighted by Crippen LogP contribution is -2.39. The maximum atomic E-state index is 12.0. The lowest BCUT2D eigenvalue weighted by Gasteiger charge is -2.38. The highest BCUT2D eigenvalue weighted by Crippen LogP contribution is 2.39. The van der Waals surface area contributed by atoms with Crippen molar-refractivity contribution in [1.82, 2.24) is 5.32 Å². The summed E-state index contributed by atoms with van der Waals surface area (Å²) in [6, 6.07) is 7.16. The van der Waals surface area contributed by atoms with Crippen LogP contribution in [-0.2, 0) is 11.2 Å². The van der Waals surface area contributed by atoms with Crippen LogP contribution in [0.2, 0.25) is 0 Å². The first-order valence-electron chi connectivity index (χ1n) is 7.07. The molecule has 0 radical (unpaired) electrons. The van der Waals surface area contributed by atoms with E-state index in [4.69, 9.17) is 5.11 Å². The second-order valence-electron chi connectivity index (χ2n) is 5.94. The predicted octanol–water partition coefficient (Wildman–Crippen LogP) is 2.62. The molecule has 1 amide bonds. The third-order valence-corrected chi connectivity index (χ3v) is 4.08. The molecule has 1 aromatic rings. The zero-order valence-corrected chi connectivity index (χ0v) is 11.8. The number of hydrogen-bond acceptors (Lipinski definition) is 2. The SMILES string of the molecule is CC1(CNC(=O)c2ccc(CCC(=O)O)cc2)CCC1. The molecular formula is C16H21NO3. The van der Waals surface area contributed by atoms with Crippen LogP contribution in [0.5, 0.6) is 0 Å². The Morgan fingerprint density at radius 3 is 2.40 bits per heavy atom. The van der Waals surface area contributed by atoms with Crippen molar-refractivity contribution in [1.29, 1.82) is 0 Å². The van der Waals surface area contributed by atoms with Crippen LogP contribution in [0.3, 0.4) is 0 Å². The first-order valence-corrected chi connectivity index (χ1v) is 7.07. The van der Waals surface area contributed by atoms with Gasteiger partial charge in [-0.15, -0.1) is 0 Å². The number of amides is 1. The molecule has 0 heterocycles. The first kappa shape index (κ1) is 14.6. The van der Waals surface area contributed by atoms with E-state index in [-0.39, 0.29) is 17.7 Å². The Labute approximate surface area is 119 Å². The summed E-state index contributed by atoms with van der Waals surface area (Å²) in [5.41, 5.74) is 1.85. The normalized spacial score (nSPS) is 16.2. The Kier molecular flexibility index (Phi) is 4.42. The Hall–Kier alpha value is -1.84. The van der Waals surface area contributed by atoms with Crippen LogP contribution in [0.25, 0.3) is 0 Å². The summed E-state index contributed by atoms with van der Waals surface area (Å²) in [4.78, 5) is 22.5. The molecule has 2 rings (SSSR count). The van der Waals surface area contributed by atoms with E-state index in [1.165, 1.54) is 19.3 Å². The molecular weight excluding hydrogens is 254 g/mol. The summed E-state index contributed by atoms with van der Waals surface area (Å²) in [7, 11) is 0. The van der Waals surface area contributed by atoms with Gasteiger partial charge < -0.3 is 10.4 Å². The maximum absolute atomic E-state index is 12.0. The lowest BCUT2D eigenvalue weighted by molar-refractivity contribution is -0.136. The van der Waals surface area contributed by atoms with Gasteiger partial charge in [0.25, 0.3) is 5.91 Å². The van der Waals surface area contributed by atoms with Gasteiger partial charge in [0.1, 0.15) is 0 Å². The first-order chi connectivity index (χ1) is 9.48. The van der Waals surface area contributed by atoms with Crippen LogP contribution in [0.1, 0.15) is 48.5 Å². The zero-order chi connectivity index (χ0) is 14.6. The minimum absolute atomic E-state index is 0.0529. The van der Waals surface area contributed by atoms with E-state index in [2.05, 4.69) is 12.2 Å². The Morgan fingerprint density at radius 2 is 1.90 bits per heavy atom. The summed E-state index contributed by atoms with van der Waals surface area (Å²) in [6.07, 6.45) is 4.23. The van der Waals surface area contributed by atoms with Gasteiger partial charge in [-0.05, 0) is 42.4 Å². The van der Waals surface area contributed by atoms with E-state index in [0.29, 0.717) is 12.0 Å². The van der Waals surface area contributed by atoms with Gasteiger partial charge in [-0.25, -0.2) is 0 Å². The summed E-state index contributed by atoms with van der Waals surface area (Å²) in [5, 5.41) is 11.6. The molecule has 0 aromatic heterocycles. The molecule has 20 heavy (non-hydrogen) atoms. The molecule has 4 heteroatoms. The minimum Gasteiger partial charge on any atom is -0.481 e. The number of carboxylic acids is 1. The van der Waals surface area contributed by atoms with Crippen LogP contribution < -0.4 is 5.32 Å². The van der Waals surface area contributed by atoms with E-state index in [1.54, 1.807) is 12.1 Å². The summed E-state index contributed by atoms with van der Waals surface area (Å²) in [5.74, 6) is -0.858. The molecule has 4 nitrogen and oxygen atoms in total. The standard InChI is InChI=1S/C16H21NO3/c1-16(9-2-10-16)11-17-15(20)13-6-3-12(4-7-13)5-8-14(18)19/h3-4,6-7H,2,5,8-11H2,1H3,(H,17,20)(H,18,19). The molecule has 1 aromatic carbocycles. The fourth-order valence-electron chi connectivity index (χ4n) is 2.43. The van der Waals surface area contributed by atoms with E-state index in [0.717, 1.165) is 12.1 Å². The van der Waals surface area contributed by atoms with Crippen molar-refractivity contribution in [2.75, 3.05) is 6.54 Å². The van der Waals surface area contributed by atoms with Crippen LogP contribution in [-0.4, -0.2) is 23.5 Å². The third kappa shape index (κ3) is 3.83. The average Bonchev–Trinajstić information content (AvgIpc) is 2.41. The van der Waals surface area contributed by atoms with Gasteiger partial charge in [-0.2, -0.15) is 0 Å². The molecule has 1 fully saturated rings. The van der Waals surface area contributed by atoms with E-state index < -0.39 is 5.97 Å². The molecule has 1 aliphatic carbocycles. The van der Waals surface area contributed by atoms with E-state index in [1.807, 2.05) is 12.1 Å². The number of rotatable bonds is 6. The zero-order valence-electron chi connectivity index (χ0n) is 11.8. The van der Waals surface area contributed by atoms with Crippen molar-refractivity contribution < 1.29 is 14.7 Å². The van der Waals surface area contributed by atoms with Crippen molar-refractivity contribution in [3.05, 3.63) is 35.4 Å². The maximum Gasteiger partial charge on any atom is 0.303 e. The molecule has 0 unspecified atom stereocenters. The summed E-state index contributed by atoms with van der Waals surface area (Å²) in [6.45, 7) is 2.93. The van der Waals surface area contributed by atoms with Gasteiger partial charge in [-0.3, -0.25) is 9.59 Å². The molecule has 0 bridgehead atoms. The number of hydrogen-bond donors (Lipinski definition) is 2. The van der Waals surface area contributed by atoms with Crippen molar-refractivity contribution in [2.24, 2.45) is 5.41 Å². The van der Waals surface area contributed by atoms with Gasteiger partial charge in [0, 0.05) is 18.5 Å². The van der Waals surface area contributed by atoms with Crippen molar-refractivity contribution >= 4 is 11.9 Å². The number of carbonyl (C=O) groups excluding carboxylic acids is 1. The third-order valence-electron chi connectivity index (χ3n) is 4.08. The van der Waals surface area contributed by atoms with E-state index in [9.17, 15) is 9.59 Å². The quantitative estimate of drug-likeness (QED) is 0.838. The fraction of sp³-hybridized carbons (Fsp3) is 0.500. The number of benzene rings is 1. The number of carbonyl (C=O) groups is 2. The van der Waals surface area contributed by atoms with Gasteiger partial charge in [0.2, 0.25) is 0 Å². The molecule has 1 aliphatic rings. The molecule has 0 atom stereocenters. The highest BCUT2D eigenvalue weighted by atomic mass is 16.4. The van der Waals surface area contributed by atoms with Gasteiger partial charge in [0.05, 0.1) is 0 Å². The largest absolute Gasteiger partial charge is 0.481 e. The molecule has 1 saturated carbocycles. The molecule has 0 spiro atoms. The van der Waals surface area contributed by atoms with Crippen molar-refractivity contribution in [3.8, 4) is 0 Å². The number of aliphatic carboxylic acids is 1. The number of carboxylic acid groups (broad SMARTS) is 1. The lowest BCUT2D eigenvalue weighted by atomic mass is 9.70. The fourth-order valence-corrected chi connectivity index (χ4v) is 2.43. The number of nitrogens with one attached hydrogen (secondary N) is 1. The topological polar surface area (TPSA) is 66.4 Å². The summed E-state index contributed by atoms with van der Waals surface area (Å²) >= 11 is 0. The van der Waals surface area contributed by atoms with Crippen LogP contribution in [0.15, 0.2) is 24.3 Å². The smallest absolute Gasteiger partial charge is 0.303 e. The van der Waals surface area contributed by atoms with Crippen LogP contribution in [0, 0.1) is 5.41 Å². The summed E-state index contributed by atoms with van der Waals surface area (Å²) < 4.78 is 0. The molecule has 108 valence electrons. The Balaban J connectivity index is 1.85. The van der Waals surface area contributed by atoms with Gasteiger partial charge >= 0.3 is 5.97 Å². The van der Waals surface area contributed by atoms with Gasteiger partial charge in [0.15, 0.2) is 0 Å². The van der Waals surface area contributed by atoms with Crippen molar-refractivity contribution in [3.63, 3.8) is 0 Å². The second kappa shape index (κ2) is 6.07. The highest BCUT2D eigenvalue weighted by molar-refractivity contribution is 5.94. The predicted molar refractivity (Wildman–Crippen MR) is 76.7 cm³/mol. The average molecular weight is 275 g/mol. The second-order valence-corrected chi connectivity index (χ2v) is 5.94. The molecule has 0 aliphatic heterocycles. The Morgan fingerprint density at radius 1 is 1.25 bits per heavy atom. The Bertz CT molecular complexity index is 489. The number of aryl methyl sites for hydroxylation is 1. The molecule has 0 saturated heterocycles. The van der Waals surface area contributed by atoms with E-state index >= 15 is 0 Å².